The Hall–Kier alpha value is -1.18. The highest BCUT2D eigenvalue weighted by Gasteiger charge is 2.09. The van der Waals surface area contributed by atoms with Gasteiger partial charge in [0.25, 0.3) is 0 Å². The summed E-state index contributed by atoms with van der Waals surface area (Å²) in [6.45, 7) is 6.62. The van der Waals surface area contributed by atoms with E-state index in [1.807, 2.05) is 0 Å². The Morgan fingerprint density at radius 1 is 1.13 bits per heavy atom. The summed E-state index contributed by atoms with van der Waals surface area (Å²) in [6.07, 6.45) is 1.86. The highest BCUT2D eigenvalue weighted by Crippen LogP contribution is 2.25. The van der Waals surface area contributed by atoms with Crippen LogP contribution in [0.15, 0.2) is 18.2 Å². The van der Waals surface area contributed by atoms with E-state index >= 15 is 0 Å². The number of aromatic hydroxyl groups is 2. The van der Waals surface area contributed by atoms with Gasteiger partial charge in [0.2, 0.25) is 0 Å². The van der Waals surface area contributed by atoms with E-state index in [9.17, 15) is 10.2 Å². The van der Waals surface area contributed by atoms with Crippen LogP contribution in [0.25, 0.3) is 0 Å². The van der Waals surface area contributed by atoms with Crippen molar-refractivity contribution in [3.63, 3.8) is 0 Å². The van der Waals surface area contributed by atoms with Crippen molar-refractivity contribution in [1.82, 2.24) is 0 Å². The number of hydrogen-bond acceptors (Lipinski definition) is 2. The van der Waals surface area contributed by atoms with Gasteiger partial charge in [-0.05, 0) is 48.4 Å². The van der Waals surface area contributed by atoms with E-state index < -0.39 is 0 Å². The van der Waals surface area contributed by atoms with Crippen LogP contribution in [0.4, 0.5) is 0 Å². The molecule has 2 N–H and O–H groups in total. The SMILES string of the molecule is CC(C)[C@H](C)CCc1cc(O)ccc1O. The summed E-state index contributed by atoms with van der Waals surface area (Å²) in [5.74, 6) is 1.79. The number of rotatable bonds is 4. The van der Waals surface area contributed by atoms with E-state index in [0.29, 0.717) is 11.8 Å². The highest BCUT2D eigenvalue weighted by molar-refractivity contribution is 5.38. The average Bonchev–Trinajstić information content (AvgIpc) is 2.18. The van der Waals surface area contributed by atoms with E-state index in [1.165, 1.54) is 6.07 Å². The Kier molecular flexibility index (Phi) is 4.01. The molecule has 0 radical (unpaired) electrons. The molecule has 0 aliphatic rings. The van der Waals surface area contributed by atoms with Gasteiger partial charge in [-0.15, -0.1) is 0 Å². The molecule has 0 saturated heterocycles. The standard InChI is InChI=1S/C13H20O2/c1-9(2)10(3)4-5-11-8-12(14)6-7-13(11)15/h6-10,14-15H,4-5H2,1-3H3/t10-/m1/s1. The second-order valence-corrected chi connectivity index (χ2v) is 4.57. The highest BCUT2D eigenvalue weighted by atomic mass is 16.3. The molecule has 0 heterocycles. The van der Waals surface area contributed by atoms with Crippen LogP contribution in [-0.2, 0) is 6.42 Å². The molecule has 0 saturated carbocycles. The summed E-state index contributed by atoms with van der Waals surface area (Å²) in [7, 11) is 0. The van der Waals surface area contributed by atoms with Crippen LogP contribution in [-0.4, -0.2) is 10.2 Å². The largest absolute Gasteiger partial charge is 0.508 e. The van der Waals surface area contributed by atoms with Gasteiger partial charge in [-0.25, -0.2) is 0 Å². The zero-order valence-corrected chi connectivity index (χ0v) is 9.70. The Morgan fingerprint density at radius 3 is 2.40 bits per heavy atom. The van der Waals surface area contributed by atoms with Gasteiger partial charge in [0, 0.05) is 0 Å². The van der Waals surface area contributed by atoms with Crippen LogP contribution in [0.2, 0.25) is 0 Å². The van der Waals surface area contributed by atoms with Crippen molar-refractivity contribution in [3.05, 3.63) is 23.8 Å². The second kappa shape index (κ2) is 5.06. The molecule has 1 atom stereocenters. The van der Waals surface area contributed by atoms with Crippen molar-refractivity contribution >= 4 is 0 Å². The number of phenolic OH excluding ortho intramolecular Hbond substituents is 2. The molecule has 2 nitrogen and oxygen atoms in total. The van der Waals surface area contributed by atoms with Crippen LogP contribution in [0.1, 0.15) is 32.8 Å². The first kappa shape index (κ1) is 11.9. The minimum absolute atomic E-state index is 0.222. The zero-order valence-electron chi connectivity index (χ0n) is 9.70. The molecular weight excluding hydrogens is 188 g/mol. The monoisotopic (exact) mass is 208 g/mol. The van der Waals surface area contributed by atoms with E-state index in [4.69, 9.17) is 0 Å². The lowest BCUT2D eigenvalue weighted by Crippen LogP contribution is -2.05. The van der Waals surface area contributed by atoms with Crippen molar-refractivity contribution in [2.24, 2.45) is 11.8 Å². The first-order chi connectivity index (χ1) is 7.00. The molecule has 0 fully saturated rings. The molecule has 0 aliphatic heterocycles. The third-order valence-corrected chi connectivity index (χ3v) is 3.07. The Balaban J connectivity index is 2.61. The van der Waals surface area contributed by atoms with Gasteiger partial charge in [-0.1, -0.05) is 20.8 Å². The van der Waals surface area contributed by atoms with Crippen molar-refractivity contribution in [2.75, 3.05) is 0 Å². The average molecular weight is 208 g/mol. The van der Waals surface area contributed by atoms with E-state index in [2.05, 4.69) is 20.8 Å². The molecule has 0 amide bonds. The van der Waals surface area contributed by atoms with Gasteiger partial charge < -0.3 is 10.2 Å². The third-order valence-electron chi connectivity index (χ3n) is 3.07. The van der Waals surface area contributed by atoms with E-state index in [0.717, 1.165) is 18.4 Å². The maximum absolute atomic E-state index is 9.58. The van der Waals surface area contributed by atoms with Crippen LogP contribution in [0, 0.1) is 11.8 Å². The Labute approximate surface area is 91.6 Å². The van der Waals surface area contributed by atoms with E-state index in [1.54, 1.807) is 12.1 Å². The topological polar surface area (TPSA) is 40.5 Å². The van der Waals surface area contributed by atoms with Crippen LogP contribution in [0.5, 0.6) is 11.5 Å². The first-order valence-corrected chi connectivity index (χ1v) is 5.51. The summed E-state index contributed by atoms with van der Waals surface area (Å²) in [6, 6.07) is 4.69. The van der Waals surface area contributed by atoms with Gasteiger partial charge in [-0.2, -0.15) is 0 Å². The minimum Gasteiger partial charge on any atom is -0.508 e. The van der Waals surface area contributed by atoms with Crippen LogP contribution >= 0.6 is 0 Å². The molecule has 0 bridgehead atoms. The van der Waals surface area contributed by atoms with Crippen molar-refractivity contribution < 1.29 is 10.2 Å². The summed E-state index contributed by atoms with van der Waals surface area (Å²) in [5.41, 5.74) is 0.836. The molecule has 1 rings (SSSR count). The predicted octanol–water partition coefficient (Wildman–Crippen LogP) is 3.32. The van der Waals surface area contributed by atoms with Gasteiger partial charge in [0.05, 0.1) is 0 Å². The Bertz CT molecular complexity index is 318. The molecule has 2 heteroatoms. The zero-order chi connectivity index (χ0) is 11.4. The summed E-state index contributed by atoms with van der Waals surface area (Å²) in [4.78, 5) is 0. The Morgan fingerprint density at radius 2 is 1.80 bits per heavy atom. The number of hydrogen-bond donors (Lipinski definition) is 2. The van der Waals surface area contributed by atoms with Crippen LogP contribution < -0.4 is 0 Å². The maximum Gasteiger partial charge on any atom is 0.119 e. The minimum atomic E-state index is 0.222. The first-order valence-electron chi connectivity index (χ1n) is 5.51. The molecule has 1 aromatic carbocycles. The fourth-order valence-corrected chi connectivity index (χ4v) is 1.49. The molecule has 0 unspecified atom stereocenters. The lowest BCUT2D eigenvalue weighted by molar-refractivity contribution is 0.387. The molecule has 0 aromatic heterocycles. The molecule has 0 aliphatic carbocycles. The number of phenols is 2. The summed E-state index contributed by atoms with van der Waals surface area (Å²) in [5, 5.41) is 18.9. The maximum atomic E-state index is 9.58. The normalized spacial score (nSPS) is 13.1. The van der Waals surface area contributed by atoms with Gasteiger partial charge >= 0.3 is 0 Å². The second-order valence-electron chi connectivity index (χ2n) is 4.57. The molecule has 1 aromatic rings. The fourth-order valence-electron chi connectivity index (χ4n) is 1.49. The number of aryl methyl sites for hydroxylation is 1. The lowest BCUT2D eigenvalue weighted by atomic mass is 9.91. The molecular formula is C13H20O2. The molecule has 15 heavy (non-hydrogen) atoms. The quantitative estimate of drug-likeness (QED) is 0.745. The molecule has 0 spiro atoms. The van der Waals surface area contributed by atoms with Crippen LogP contribution in [0.3, 0.4) is 0 Å². The summed E-state index contributed by atoms with van der Waals surface area (Å²) >= 11 is 0. The van der Waals surface area contributed by atoms with Crippen molar-refractivity contribution in [2.45, 2.75) is 33.6 Å². The van der Waals surface area contributed by atoms with Gasteiger partial charge in [-0.3, -0.25) is 0 Å². The van der Waals surface area contributed by atoms with E-state index in [-0.39, 0.29) is 11.5 Å². The molecule has 84 valence electrons. The smallest absolute Gasteiger partial charge is 0.119 e. The third kappa shape index (κ3) is 3.46. The van der Waals surface area contributed by atoms with Crippen molar-refractivity contribution in [3.8, 4) is 11.5 Å². The summed E-state index contributed by atoms with van der Waals surface area (Å²) < 4.78 is 0. The van der Waals surface area contributed by atoms with Gasteiger partial charge in [0.1, 0.15) is 11.5 Å². The van der Waals surface area contributed by atoms with Crippen molar-refractivity contribution in [1.29, 1.82) is 0 Å². The lowest BCUT2D eigenvalue weighted by Gasteiger charge is -2.15. The fraction of sp³-hybridized carbons (Fsp3) is 0.538. The number of benzene rings is 1. The predicted molar refractivity (Wildman–Crippen MR) is 62.1 cm³/mol. The van der Waals surface area contributed by atoms with Gasteiger partial charge in [0.15, 0.2) is 0 Å².